The summed E-state index contributed by atoms with van der Waals surface area (Å²) >= 11 is 0. The van der Waals surface area contributed by atoms with Crippen molar-refractivity contribution in [2.75, 3.05) is 32.8 Å². The normalized spacial score (nSPS) is 16.7. The fraction of sp³-hybridized carbons (Fsp3) is 0.529. The van der Waals surface area contributed by atoms with Crippen molar-refractivity contribution in [1.29, 1.82) is 0 Å². The quantitative estimate of drug-likeness (QED) is 0.428. The number of nitrogens with two attached hydrogens (primary N) is 1. The molecule has 8 nitrogen and oxygen atoms in total. The van der Waals surface area contributed by atoms with Crippen LogP contribution in [0.2, 0.25) is 0 Å². The molecule has 0 saturated carbocycles. The first kappa shape index (κ1) is 20.2. The highest BCUT2D eigenvalue weighted by molar-refractivity contribution is 7.89. The van der Waals surface area contributed by atoms with Crippen molar-refractivity contribution in [2.45, 2.75) is 25.2 Å². The molecule has 1 aromatic rings. The smallest absolute Gasteiger partial charge is 0.263 e. The van der Waals surface area contributed by atoms with Gasteiger partial charge in [-0.1, -0.05) is 37.2 Å². The van der Waals surface area contributed by atoms with Gasteiger partial charge >= 0.3 is 0 Å². The number of amides is 1. The Balaban J connectivity index is 1.83. The van der Waals surface area contributed by atoms with E-state index in [0.29, 0.717) is 31.3 Å². The van der Waals surface area contributed by atoms with Crippen LogP contribution >= 0.6 is 0 Å². The Labute approximate surface area is 154 Å². The van der Waals surface area contributed by atoms with Gasteiger partial charge in [0.2, 0.25) is 10.0 Å². The summed E-state index contributed by atoms with van der Waals surface area (Å²) in [6.45, 7) is 4.96. The van der Waals surface area contributed by atoms with Crippen LogP contribution in [0.4, 0.5) is 0 Å². The molecule has 26 heavy (non-hydrogen) atoms. The Bertz CT molecular complexity index is 726. The average molecular weight is 382 g/mol. The largest absolute Gasteiger partial charge is 0.384 e. The summed E-state index contributed by atoms with van der Waals surface area (Å²) in [5.41, 5.74) is 5.69. The zero-order chi connectivity index (χ0) is 19.2. The highest BCUT2D eigenvalue weighted by atomic mass is 32.2. The number of sulfonamides is 1. The van der Waals surface area contributed by atoms with Gasteiger partial charge in [-0.05, 0) is 18.1 Å². The second-order valence-corrected chi connectivity index (χ2v) is 8.49. The first-order valence-electron chi connectivity index (χ1n) is 8.58. The lowest BCUT2D eigenvalue weighted by atomic mass is 10.1. The second kappa shape index (κ2) is 9.00. The molecule has 1 amide bonds. The SMILES string of the molecule is CC(C)C/C(N)=N/OCC(=O)N1CCN(S(=O)(=O)c2ccccc2)CC1. The lowest BCUT2D eigenvalue weighted by molar-refractivity contribution is -0.137. The molecule has 0 radical (unpaired) electrons. The minimum Gasteiger partial charge on any atom is -0.384 e. The summed E-state index contributed by atoms with van der Waals surface area (Å²) in [7, 11) is -3.53. The molecule has 0 aromatic heterocycles. The topological polar surface area (TPSA) is 105 Å². The third-order valence-corrected chi connectivity index (χ3v) is 5.87. The number of benzene rings is 1. The van der Waals surface area contributed by atoms with E-state index in [0.717, 1.165) is 0 Å². The molecular formula is C17H26N4O4S. The molecule has 0 atom stereocenters. The Morgan fingerprint density at radius 3 is 2.38 bits per heavy atom. The summed E-state index contributed by atoms with van der Waals surface area (Å²) in [4.78, 5) is 19.0. The van der Waals surface area contributed by atoms with E-state index in [2.05, 4.69) is 5.16 Å². The number of nitrogens with zero attached hydrogens (tertiary/aromatic N) is 3. The second-order valence-electron chi connectivity index (χ2n) is 6.55. The van der Waals surface area contributed by atoms with Crippen LogP contribution < -0.4 is 5.73 Å². The van der Waals surface area contributed by atoms with Crippen LogP contribution in [0, 0.1) is 5.92 Å². The number of hydrogen-bond donors (Lipinski definition) is 1. The van der Waals surface area contributed by atoms with Gasteiger partial charge in [-0.25, -0.2) is 8.42 Å². The molecule has 0 spiro atoms. The number of oxime groups is 1. The molecule has 0 aliphatic carbocycles. The Hall–Kier alpha value is -2.13. The van der Waals surface area contributed by atoms with Crippen LogP contribution in [0.5, 0.6) is 0 Å². The third kappa shape index (κ3) is 5.43. The van der Waals surface area contributed by atoms with E-state index in [4.69, 9.17) is 10.6 Å². The molecule has 1 aliphatic rings. The van der Waals surface area contributed by atoms with Gasteiger partial charge in [-0.15, -0.1) is 0 Å². The van der Waals surface area contributed by atoms with Crippen LogP contribution in [0.3, 0.4) is 0 Å². The summed E-state index contributed by atoms with van der Waals surface area (Å²) in [6, 6.07) is 8.29. The van der Waals surface area contributed by atoms with Crippen LogP contribution in [0.25, 0.3) is 0 Å². The van der Waals surface area contributed by atoms with E-state index in [-0.39, 0.29) is 30.5 Å². The molecule has 2 N–H and O–H groups in total. The van der Waals surface area contributed by atoms with Gasteiger partial charge in [-0.3, -0.25) is 4.79 Å². The van der Waals surface area contributed by atoms with Crippen molar-refractivity contribution >= 4 is 21.8 Å². The minimum absolute atomic E-state index is 0.204. The molecular weight excluding hydrogens is 356 g/mol. The van der Waals surface area contributed by atoms with Crippen molar-refractivity contribution in [3.8, 4) is 0 Å². The molecule has 1 heterocycles. The van der Waals surface area contributed by atoms with E-state index in [9.17, 15) is 13.2 Å². The molecule has 9 heteroatoms. The van der Waals surface area contributed by atoms with Crippen molar-refractivity contribution in [2.24, 2.45) is 16.8 Å². The molecule has 1 aliphatic heterocycles. The lowest BCUT2D eigenvalue weighted by Crippen LogP contribution is -2.51. The predicted molar refractivity (Wildman–Crippen MR) is 98.8 cm³/mol. The Kier molecular flexibility index (Phi) is 6.98. The van der Waals surface area contributed by atoms with Gasteiger partial charge in [0, 0.05) is 32.6 Å². The van der Waals surface area contributed by atoms with Gasteiger partial charge in [0.25, 0.3) is 5.91 Å². The highest BCUT2D eigenvalue weighted by Crippen LogP contribution is 2.17. The summed E-state index contributed by atoms with van der Waals surface area (Å²) in [6.07, 6.45) is 0.601. The number of hydrogen-bond acceptors (Lipinski definition) is 5. The zero-order valence-corrected chi connectivity index (χ0v) is 16.0. The van der Waals surface area contributed by atoms with Gasteiger partial charge in [0.1, 0.15) is 5.84 Å². The van der Waals surface area contributed by atoms with E-state index < -0.39 is 10.0 Å². The number of carbonyl (C=O) groups is 1. The van der Waals surface area contributed by atoms with Crippen LogP contribution in [0.1, 0.15) is 20.3 Å². The Morgan fingerprint density at radius 2 is 1.81 bits per heavy atom. The maximum atomic E-state index is 12.6. The third-order valence-electron chi connectivity index (χ3n) is 3.96. The van der Waals surface area contributed by atoms with E-state index >= 15 is 0 Å². The van der Waals surface area contributed by atoms with Gasteiger partial charge in [0.15, 0.2) is 6.61 Å². The summed E-state index contributed by atoms with van der Waals surface area (Å²) < 4.78 is 26.5. The van der Waals surface area contributed by atoms with Gasteiger partial charge in [0.05, 0.1) is 4.90 Å². The maximum Gasteiger partial charge on any atom is 0.263 e. The monoisotopic (exact) mass is 382 g/mol. The van der Waals surface area contributed by atoms with E-state index in [1.54, 1.807) is 35.2 Å². The van der Waals surface area contributed by atoms with Gasteiger partial charge in [-0.2, -0.15) is 4.31 Å². The number of rotatable bonds is 7. The van der Waals surface area contributed by atoms with Crippen molar-refractivity contribution < 1.29 is 18.0 Å². The highest BCUT2D eigenvalue weighted by Gasteiger charge is 2.30. The summed E-state index contributed by atoms with van der Waals surface area (Å²) in [5, 5.41) is 3.73. The van der Waals surface area contributed by atoms with Crippen LogP contribution in [-0.4, -0.2) is 62.2 Å². The first-order valence-corrected chi connectivity index (χ1v) is 10.0. The van der Waals surface area contributed by atoms with Crippen molar-refractivity contribution in [3.05, 3.63) is 30.3 Å². The van der Waals surface area contributed by atoms with E-state index in [1.807, 2.05) is 13.8 Å². The Morgan fingerprint density at radius 1 is 1.19 bits per heavy atom. The lowest BCUT2D eigenvalue weighted by Gasteiger charge is -2.33. The number of piperazine rings is 1. The van der Waals surface area contributed by atoms with Crippen molar-refractivity contribution in [3.63, 3.8) is 0 Å². The molecule has 2 rings (SSSR count). The molecule has 0 unspecified atom stereocenters. The number of carbonyl (C=O) groups excluding carboxylic acids is 1. The fourth-order valence-corrected chi connectivity index (χ4v) is 4.08. The molecule has 1 saturated heterocycles. The summed E-state index contributed by atoms with van der Waals surface area (Å²) in [5.74, 6) is 0.479. The zero-order valence-electron chi connectivity index (χ0n) is 15.2. The predicted octanol–water partition coefficient (Wildman–Crippen LogP) is 0.854. The number of amidine groups is 1. The molecule has 1 fully saturated rings. The van der Waals surface area contributed by atoms with Crippen LogP contribution in [0.15, 0.2) is 40.4 Å². The molecule has 1 aromatic carbocycles. The fourth-order valence-electron chi connectivity index (χ4n) is 2.64. The maximum absolute atomic E-state index is 12.6. The van der Waals surface area contributed by atoms with Crippen molar-refractivity contribution in [1.82, 2.24) is 9.21 Å². The standard InChI is InChI=1S/C17H26N4O4S/c1-14(2)12-16(18)19-25-13-17(22)20-8-10-21(11-9-20)26(23,24)15-6-4-3-5-7-15/h3-7,14H,8-13H2,1-2H3,(H2,18,19). The average Bonchev–Trinajstić information content (AvgIpc) is 2.62. The van der Waals surface area contributed by atoms with Gasteiger partial charge < -0.3 is 15.5 Å². The van der Waals surface area contributed by atoms with Crippen LogP contribution in [-0.2, 0) is 19.7 Å². The van der Waals surface area contributed by atoms with E-state index in [1.165, 1.54) is 4.31 Å². The molecule has 144 valence electrons. The first-order chi connectivity index (χ1) is 12.3. The molecule has 0 bridgehead atoms. The minimum atomic E-state index is -3.53.